The minimum absolute atomic E-state index is 0.0736. The highest BCUT2D eigenvalue weighted by Gasteiger charge is 2.13. The number of nitrogens with one attached hydrogen (secondary N) is 1. The van der Waals surface area contributed by atoms with Gasteiger partial charge in [-0.2, -0.15) is 0 Å². The molecule has 0 unspecified atom stereocenters. The van der Waals surface area contributed by atoms with E-state index in [2.05, 4.69) is 11.9 Å². The van der Waals surface area contributed by atoms with E-state index in [9.17, 15) is 0 Å². The van der Waals surface area contributed by atoms with Crippen LogP contribution in [0.15, 0.2) is 53.5 Å². The Morgan fingerprint density at radius 1 is 1.08 bits per heavy atom. The molecule has 0 atom stereocenters. The fourth-order valence-corrected chi connectivity index (χ4v) is 2.25. The number of aliphatic imine (C=N–C) groups is 1. The molecule has 0 aliphatic heterocycles. The first-order valence-corrected chi connectivity index (χ1v) is 9.10. The summed E-state index contributed by atoms with van der Waals surface area (Å²) in [5, 5.41) is 7.91. The van der Waals surface area contributed by atoms with Crippen LogP contribution in [0.2, 0.25) is 0 Å². The molecule has 1 aliphatic carbocycles. The SMILES string of the molecule is CC.CC1CC1.Cc1cccc(-c2ccccc2)c1C(=N)N=C(N)Cl. The first-order chi connectivity index (χ1) is 12.0. The molecule has 1 saturated carbocycles. The van der Waals surface area contributed by atoms with Crippen molar-refractivity contribution in [2.24, 2.45) is 16.6 Å². The molecule has 134 valence electrons. The zero-order valence-electron chi connectivity index (χ0n) is 15.5. The summed E-state index contributed by atoms with van der Waals surface area (Å²) in [6.07, 6.45) is 2.97. The van der Waals surface area contributed by atoms with Crippen LogP contribution in [-0.4, -0.2) is 11.1 Å². The Labute approximate surface area is 156 Å². The van der Waals surface area contributed by atoms with Crippen molar-refractivity contribution in [3.05, 3.63) is 59.7 Å². The molecule has 3 nitrogen and oxygen atoms in total. The summed E-state index contributed by atoms with van der Waals surface area (Å²) in [6.45, 7) is 8.22. The van der Waals surface area contributed by atoms with E-state index in [1.54, 1.807) is 0 Å². The van der Waals surface area contributed by atoms with Crippen molar-refractivity contribution in [2.75, 3.05) is 0 Å². The fourth-order valence-electron chi connectivity index (χ4n) is 2.17. The first kappa shape index (κ1) is 20.9. The van der Waals surface area contributed by atoms with Crippen LogP contribution in [0.4, 0.5) is 0 Å². The van der Waals surface area contributed by atoms with Gasteiger partial charge in [0.25, 0.3) is 0 Å². The number of amidine groups is 2. The Balaban J connectivity index is 0.000000446. The molecule has 0 aromatic heterocycles. The van der Waals surface area contributed by atoms with Gasteiger partial charge >= 0.3 is 0 Å². The lowest BCUT2D eigenvalue weighted by Crippen LogP contribution is -2.09. The summed E-state index contributed by atoms with van der Waals surface area (Å²) < 4.78 is 0. The summed E-state index contributed by atoms with van der Waals surface area (Å²) in [7, 11) is 0. The minimum atomic E-state index is -0.132. The molecule has 2 aromatic carbocycles. The smallest absolute Gasteiger partial charge is 0.195 e. The summed E-state index contributed by atoms with van der Waals surface area (Å²) in [6, 6.07) is 15.7. The van der Waals surface area contributed by atoms with Gasteiger partial charge in [0, 0.05) is 5.56 Å². The van der Waals surface area contributed by atoms with Crippen LogP contribution in [0.3, 0.4) is 0 Å². The Morgan fingerprint density at radius 2 is 1.64 bits per heavy atom. The Hall–Kier alpha value is -2.13. The lowest BCUT2D eigenvalue weighted by atomic mass is 9.95. The average Bonchev–Trinajstić information content (AvgIpc) is 3.39. The summed E-state index contributed by atoms with van der Waals surface area (Å²) >= 11 is 5.56. The average molecular weight is 358 g/mol. The molecule has 25 heavy (non-hydrogen) atoms. The van der Waals surface area contributed by atoms with Gasteiger partial charge in [0.05, 0.1) is 0 Å². The van der Waals surface area contributed by atoms with Crippen LogP contribution in [0.5, 0.6) is 0 Å². The number of rotatable bonds is 2. The van der Waals surface area contributed by atoms with Gasteiger partial charge in [0.1, 0.15) is 0 Å². The number of hydrogen-bond donors (Lipinski definition) is 2. The van der Waals surface area contributed by atoms with Crippen molar-refractivity contribution < 1.29 is 0 Å². The molecule has 3 rings (SSSR count). The van der Waals surface area contributed by atoms with E-state index >= 15 is 0 Å². The third-order valence-corrected chi connectivity index (χ3v) is 3.76. The van der Waals surface area contributed by atoms with Crippen molar-refractivity contribution in [1.29, 1.82) is 5.41 Å². The maximum absolute atomic E-state index is 8.04. The largest absolute Gasteiger partial charge is 0.374 e. The first-order valence-electron chi connectivity index (χ1n) is 8.72. The van der Waals surface area contributed by atoms with Gasteiger partial charge < -0.3 is 5.73 Å². The number of nitrogens with zero attached hydrogens (tertiary/aromatic N) is 1. The molecule has 1 fully saturated rings. The van der Waals surface area contributed by atoms with Crippen molar-refractivity contribution in [3.63, 3.8) is 0 Å². The molecular formula is C21H28ClN3. The van der Waals surface area contributed by atoms with Crippen LogP contribution in [0, 0.1) is 18.3 Å². The fraction of sp³-hybridized carbons (Fsp3) is 0.333. The monoisotopic (exact) mass is 357 g/mol. The quantitative estimate of drug-likeness (QED) is 0.387. The number of benzene rings is 2. The van der Waals surface area contributed by atoms with Gasteiger partial charge in [-0.1, -0.05) is 82.1 Å². The standard InChI is InChI=1S/C15H14ClN3.C4H8.C2H6/c1-10-6-5-9-12(11-7-3-2-4-8-11)13(10)14(17)19-15(16)18;1-4-2-3-4;1-2/h2-9H,1H3,(H3,17,18,19);4H,2-3H2,1H3;1-2H3. The van der Waals surface area contributed by atoms with Gasteiger partial charge in [-0.25, -0.2) is 4.99 Å². The van der Waals surface area contributed by atoms with E-state index in [1.807, 2.05) is 69.3 Å². The summed E-state index contributed by atoms with van der Waals surface area (Å²) in [4.78, 5) is 3.84. The van der Waals surface area contributed by atoms with E-state index in [-0.39, 0.29) is 11.1 Å². The van der Waals surface area contributed by atoms with Crippen LogP contribution in [0.1, 0.15) is 44.7 Å². The molecule has 0 heterocycles. The maximum Gasteiger partial charge on any atom is 0.195 e. The highest BCUT2D eigenvalue weighted by Crippen LogP contribution is 2.27. The second kappa shape index (κ2) is 10.7. The zero-order chi connectivity index (χ0) is 18.8. The zero-order valence-corrected chi connectivity index (χ0v) is 16.3. The molecule has 0 radical (unpaired) electrons. The Kier molecular flexibility index (Phi) is 8.93. The van der Waals surface area contributed by atoms with Gasteiger partial charge in [0.2, 0.25) is 0 Å². The second-order valence-electron chi connectivity index (χ2n) is 5.83. The van der Waals surface area contributed by atoms with E-state index in [0.717, 1.165) is 28.2 Å². The molecule has 0 saturated heterocycles. The van der Waals surface area contributed by atoms with Gasteiger partial charge in [-0.3, -0.25) is 5.41 Å². The van der Waals surface area contributed by atoms with Gasteiger partial charge in [0.15, 0.2) is 11.1 Å². The van der Waals surface area contributed by atoms with Gasteiger partial charge in [-0.05, 0) is 41.1 Å². The minimum Gasteiger partial charge on any atom is -0.374 e. The third-order valence-electron chi connectivity index (χ3n) is 3.68. The maximum atomic E-state index is 8.04. The molecule has 1 aliphatic rings. The predicted molar refractivity (Wildman–Crippen MR) is 111 cm³/mol. The van der Waals surface area contributed by atoms with Crippen molar-refractivity contribution >= 4 is 22.7 Å². The van der Waals surface area contributed by atoms with Crippen molar-refractivity contribution in [2.45, 2.75) is 40.5 Å². The number of nitrogens with two attached hydrogens (primary N) is 1. The van der Waals surface area contributed by atoms with Crippen molar-refractivity contribution in [1.82, 2.24) is 0 Å². The van der Waals surface area contributed by atoms with E-state index in [1.165, 1.54) is 12.8 Å². The van der Waals surface area contributed by atoms with E-state index in [4.69, 9.17) is 22.7 Å². The number of hydrogen-bond acceptors (Lipinski definition) is 1. The number of halogens is 1. The van der Waals surface area contributed by atoms with Crippen LogP contribution in [0.25, 0.3) is 11.1 Å². The normalized spacial score (nSPS) is 13.1. The lowest BCUT2D eigenvalue weighted by molar-refractivity contribution is 0.983. The van der Waals surface area contributed by atoms with Crippen molar-refractivity contribution in [3.8, 4) is 11.1 Å². The highest BCUT2D eigenvalue weighted by molar-refractivity contribution is 6.65. The lowest BCUT2D eigenvalue weighted by Gasteiger charge is -2.11. The Morgan fingerprint density at radius 3 is 2.12 bits per heavy atom. The molecule has 0 bridgehead atoms. The highest BCUT2D eigenvalue weighted by atomic mass is 35.5. The molecule has 4 heteroatoms. The molecule has 0 spiro atoms. The molecular weight excluding hydrogens is 330 g/mol. The van der Waals surface area contributed by atoms with Crippen LogP contribution >= 0.6 is 11.6 Å². The van der Waals surface area contributed by atoms with E-state index in [0.29, 0.717) is 0 Å². The van der Waals surface area contributed by atoms with Crippen LogP contribution in [-0.2, 0) is 0 Å². The predicted octanol–water partition coefficient (Wildman–Crippen LogP) is 5.98. The van der Waals surface area contributed by atoms with E-state index < -0.39 is 0 Å². The molecule has 2 aromatic rings. The van der Waals surface area contributed by atoms with Crippen LogP contribution < -0.4 is 5.73 Å². The van der Waals surface area contributed by atoms with Gasteiger partial charge in [-0.15, -0.1) is 0 Å². The second-order valence-corrected chi connectivity index (χ2v) is 6.22. The topological polar surface area (TPSA) is 62.2 Å². The molecule has 3 N–H and O–H groups in total. The number of aryl methyl sites for hydroxylation is 1. The Bertz CT molecular complexity index is 700. The summed E-state index contributed by atoms with van der Waals surface area (Å²) in [5.74, 6) is 1.16. The third kappa shape index (κ3) is 7.10. The summed E-state index contributed by atoms with van der Waals surface area (Å²) in [5.41, 5.74) is 9.04. The molecule has 0 amide bonds.